The Morgan fingerprint density at radius 2 is 2.11 bits per heavy atom. The van der Waals surface area contributed by atoms with Gasteiger partial charge in [-0.1, -0.05) is 37.1 Å². The maximum atomic E-state index is 11.8. The van der Waals surface area contributed by atoms with E-state index >= 15 is 0 Å². The molecular formula is C13H12BrClN2O. The van der Waals surface area contributed by atoms with Crippen molar-refractivity contribution < 1.29 is 0 Å². The highest BCUT2D eigenvalue weighted by Gasteiger charge is 2.11. The summed E-state index contributed by atoms with van der Waals surface area (Å²) in [5.74, 6) is 0.511. The Kier molecular flexibility index (Phi) is 4.19. The van der Waals surface area contributed by atoms with Gasteiger partial charge >= 0.3 is 0 Å². The SMILES string of the molecule is CCCc1nc(-c2ccccc2Cl)[nH]c(=O)c1Br. The normalized spacial score (nSPS) is 10.6. The molecule has 0 aliphatic carbocycles. The molecule has 0 unspecified atom stereocenters. The highest BCUT2D eigenvalue weighted by Crippen LogP contribution is 2.25. The molecule has 18 heavy (non-hydrogen) atoms. The lowest BCUT2D eigenvalue weighted by molar-refractivity contribution is 0.861. The molecule has 0 bridgehead atoms. The third-order valence-corrected chi connectivity index (χ3v) is 3.69. The zero-order valence-electron chi connectivity index (χ0n) is 9.84. The minimum atomic E-state index is -0.177. The molecule has 1 N–H and O–H groups in total. The van der Waals surface area contributed by atoms with Crippen molar-refractivity contribution in [2.45, 2.75) is 19.8 Å². The maximum absolute atomic E-state index is 11.8. The molecule has 2 rings (SSSR count). The number of aromatic nitrogens is 2. The molecule has 94 valence electrons. The van der Waals surface area contributed by atoms with Gasteiger partial charge in [-0.15, -0.1) is 0 Å². The summed E-state index contributed by atoms with van der Waals surface area (Å²) in [5, 5.41) is 0.574. The van der Waals surface area contributed by atoms with E-state index in [0.29, 0.717) is 15.3 Å². The fourth-order valence-electron chi connectivity index (χ4n) is 1.69. The van der Waals surface area contributed by atoms with Crippen LogP contribution < -0.4 is 5.56 Å². The summed E-state index contributed by atoms with van der Waals surface area (Å²) in [6.45, 7) is 2.05. The Hall–Kier alpha value is -1.13. The van der Waals surface area contributed by atoms with Crippen molar-refractivity contribution in [3.05, 3.63) is 49.8 Å². The van der Waals surface area contributed by atoms with Crippen LogP contribution in [0.25, 0.3) is 11.4 Å². The Labute approximate surface area is 118 Å². The molecule has 0 amide bonds. The molecular weight excluding hydrogens is 316 g/mol. The second-order valence-corrected chi connectivity index (χ2v) is 5.11. The fraction of sp³-hybridized carbons (Fsp3) is 0.231. The lowest BCUT2D eigenvalue weighted by Crippen LogP contribution is -2.13. The van der Waals surface area contributed by atoms with Crippen LogP contribution in [0.15, 0.2) is 33.5 Å². The van der Waals surface area contributed by atoms with Crippen LogP contribution in [0, 0.1) is 0 Å². The largest absolute Gasteiger partial charge is 0.305 e. The minimum absolute atomic E-state index is 0.177. The number of halogens is 2. The summed E-state index contributed by atoms with van der Waals surface area (Å²) < 4.78 is 0.500. The molecule has 0 saturated carbocycles. The lowest BCUT2D eigenvalue weighted by atomic mass is 10.2. The number of nitrogens with one attached hydrogen (secondary N) is 1. The second kappa shape index (κ2) is 5.67. The predicted molar refractivity (Wildman–Crippen MR) is 77.0 cm³/mol. The molecule has 0 saturated heterocycles. The number of rotatable bonds is 3. The third-order valence-electron chi connectivity index (χ3n) is 2.55. The molecule has 0 aliphatic heterocycles. The van der Waals surface area contributed by atoms with E-state index in [0.717, 1.165) is 24.1 Å². The third kappa shape index (κ3) is 2.65. The highest BCUT2D eigenvalue weighted by molar-refractivity contribution is 9.10. The lowest BCUT2D eigenvalue weighted by Gasteiger charge is -2.07. The van der Waals surface area contributed by atoms with Crippen molar-refractivity contribution in [3.8, 4) is 11.4 Å². The molecule has 0 radical (unpaired) electrons. The number of benzene rings is 1. The zero-order valence-corrected chi connectivity index (χ0v) is 12.2. The summed E-state index contributed by atoms with van der Waals surface area (Å²) in [6.07, 6.45) is 1.68. The van der Waals surface area contributed by atoms with Crippen LogP contribution in [0.2, 0.25) is 5.02 Å². The van der Waals surface area contributed by atoms with Gasteiger partial charge < -0.3 is 4.98 Å². The average Bonchev–Trinajstić information content (AvgIpc) is 2.35. The van der Waals surface area contributed by atoms with Crippen molar-refractivity contribution in [2.75, 3.05) is 0 Å². The van der Waals surface area contributed by atoms with Crippen LogP contribution in [-0.4, -0.2) is 9.97 Å². The maximum Gasteiger partial charge on any atom is 0.265 e. The first-order valence-electron chi connectivity index (χ1n) is 5.67. The summed E-state index contributed by atoms with van der Waals surface area (Å²) in [7, 11) is 0. The van der Waals surface area contributed by atoms with Gasteiger partial charge in [0.1, 0.15) is 10.3 Å². The topological polar surface area (TPSA) is 45.8 Å². The number of aromatic amines is 1. The minimum Gasteiger partial charge on any atom is -0.305 e. The van der Waals surface area contributed by atoms with Gasteiger partial charge in [0.05, 0.1) is 10.7 Å². The molecule has 0 atom stereocenters. The molecule has 1 aromatic carbocycles. The van der Waals surface area contributed by atoms with Crippen LogP contribution in [0.3, 0.4) is 0 Å². The average molecular weight is 328 g/mol. The predicted octanol–water partition coefficient (Wildman–Crippen LogP) is 3.81. The van der Waals surface area contributed by atoms with E-state index in [4.69, 9.17) is 11.6 Å². The van der Waals surface area contributed by atoms with E-state index in [2.05, 4.69) is 25.9 Å². The summed E-state index contributed by atoms with van der Waals surface area (Å²) >= 11 is 9.37. The Morgan fingerprint density at radius 3 is 2.78 bits per heavy atom. The van der Waals surface area contributed by atoms with Crippen LogP contribution in [0.4, 0.5) is 0 Å². The van der Waals surface area contributed by atoms with Crippen LogP contribution in [0.5, 0.6) is 0 Å². The van der Waals surface area contributed by atoms with E-state index in [-0.39, 0.29) is 5.56 Å². The molecule has 1 heterocycles. The monoisotopic (exact) mass is 326 g/mol. The summed E-state index contributed by atoms with van der Waals surface area (Å²) in [4.78, 5) is 19.0. The summed E-state index contributed by atoms with van der Waals surface area (Å²) in [6, 6.07) is 7.32. The van der Waals surface area contributed by atoms with Crippen molar-refractivity contribution in [3.63, 3.8) is 0 Å². The summed E-state index contributed by atoms with van der Waals surface area (Å²) in [5.41, 5.74) is 1.32. The first-order valence-corrected chi connectivity index (χ1v) is 6.84. The molecule has 0 aliphatic rings. The van der Waals surface area contributed by atoms with Gasteiger partial charge in [-0.25, -0.2) is 4.98 Å². The van der Waals surface area contributed by atoms with Gasteiger partial charge in [0.15, 0.2) is 0 Å². The van der Waals surface area contributed by atoms with E-state index in [1.54, 1.807) is 6.07 Å². The van der Waals surface area contributed by atoms with Gasteiger partial charge in [-0.3, -0.25) is 4.79 Å². The van der Waals surface area contributed by atoms with Gasteiger partial charge in [0.2, 0.25) is 0 Å². The van der Waals surface area contributed by atoms with Gasteiger partial charge in [0.25, 0.3) is 5.56 Å². The zero-order chi connectivity index (χ0) is 13.1. The van der Waals surface area contributed by atoms with Crippen molar-refractivity contribution in [2.24, 2.45) is 0 Å². The van der Waals surface area contributed by atoms with E-state index in [1.807, 2.05) is 25.1 Å². The first kappa shape index (κ1) is 13.3. The number of hydrogen-bond acceptors (Lipinski definition) is 2. The molecule has 5 heteroatoms. The van der Waals surface area contributed by atoms with Gasteiger partial charge in [-0.05, 0) is 34.5 Å². The smallest absolute Gasteiger partial charge is 0.265 e. The van der Waals surface area contributed by atoms with Crippen molar-refractivity contribution in [1.29, 1.82) is 0 Å². The molecule has 0 spiro atoms. The molecule has 2 aromatic rings. The number of H-pyrrole nitrogens is 1. The number of nitrogens with zero attached hydrogens (tertiary/aromatic N) is 1. The highest BCUT2D eigenvalue weighted by atomic mass is 79.9. The van der Waals surface area contributed by atoms with E-state index in [1.165, 1.54) is 0 Å². The van der Waals surface area contributed by atoms with Crippen molar-refractivity contribution in [1.82, 2.24) is 9.97 Å². The number of hydrogen-bond donors (Lipinski definition) is 1. The van der Waals surface area contributed by atoms with Gasteiger partial charge in [0, 0.05) is 5.56 Å². The van der Waals surface area contributed by atoms with E-state index < -0.39 is 0 Å². The quantitative estimate of drug-likeness (QED) is 0.932. The van der Waals surface area contributed by atoms with Crippen LogP contribution >= 0.6 is 27.5 Å². The Balaban J connectivity index is 2.59. The molecule has 0 fully saturated rings. The standard InChI is InChI=1S/C13H12BrClN2O/c1-2-5-10-11(14)13(18)17-12(16-10)8-6-3-4-7-9(8)15/h3-4,6-7H,2,5H2,1H3,(H,16,17,18). The first-order chi connectivity index (χ1) is 8.63. The second-order valence-electron chi connectivity index (χ2n) is 3.91. The molecule has 3 nitrogen and oxygen atoms in total. The van der Waals surface area contributed by atoms with Crippen LogP contribution in [0.1, 0.15) is 19.0 Å². The van der Waals surface area contributed by atoms with Gasteiger partial charge in [-0.2, -0.15) is 0 Å². The Bertz CT molecular complexity index is 625. The molecule has 1 aromatic heterocycles. The number of aryl methyl sites for hydroxylation is 1. The van der Waals surface area contributed by atoms with Crippen LogP contribution in [-0.2, 0) is 6.42 Å². The fourth-order valence-corrected chi connectivity index (χ4v) is 2.30. The van der Waals surface area contributed by atoms with E-state index in [9.17, 15) is 4.79 Å². The van der Waals surface area contributed by atoms with Crippen molar-refractivity contribution >= 4 is 27.5 Å². The Morgan fingerprint density at radius 1 is 1.39 bits per heavy atom.